The molecule has 1 aliphatic rings. The van der Waals surface area contributed by atoms with Crippen molar-refractivity contribution in [3.8, 4) is 0 Å². The first-order valence-corrected chi connectivity index (χ1v) is 7.94. The summed E-state index contributed by atoms with van der Waals surface area (Å²) in [6, 6.07) is 1.61. The molecule has 0 fully saturated rings. The monoisotopic (exact) mass is 358 g/mol. The Morgan fingerprint density at radius 3 is 2.85 bits per heavy atom. The number of aliphatic imine (C=N–C) groups is 2. The summed E-state index contributed by atoms with van der Waals surface area (Å²) in [5.74, 6) is 0.00295. The number of carbonyl (C=O) groups excluding carboxylic acids is 2. The molecule has 1 aromatic rings. The first-order chi connectivity index (χ1) is 12.4. The van der Waals surface area contributed by atoms with Gasteiger partial charge in [0.05, 0.1) is 13.2 Å². The summed E-state index contributed by atoms with van der Waals surface area (Å²) in [6.45, 7) is 8.21. The van der Waals surface area contributed by atoms with E-state index in [1.165, 1.54) is 0 Å². The van der Waals surface area contributed by atoms with Gasteiger partial charge >= 0.3 is 0 Å². The number of amides is 2. The van der Waals surface area contributed by atoms with Crippen LogP contribution in [0.3, 0.4) is 0 Å². The first kappa shape index (κ1) is 19.3. The van der Waals surface area contributed by atoms with Crippen LogP contribution in [0.15, 0.2) is 33.9 Å². The van der Waals surface area contributed by atoms with Crippen LogP contribution in [0.4, 0.5) is 0 Å². The van der Waals surface area contributed by atoms with Gasteiger partial charge in [-0.05, 0) is 32.2 Å². The number of pyridine rings is 1. The average molecular weight is 358 g/mol. The van der Waals surface area contributed by atoms with E-state index in [4.69, 9.17) is 10.5 Å². The lowest BCUT2D eigenvalue weighted by Gasteiger charge is -2.29. The highest BCUT2D eigenvalue weighted by molar-refractivity contribution is 6.01. The van der Waals surface area contributed by atoms with Crippen molar-refractivity contribution in [1.29, 1.82) is 0 Å². The van der Waals surface area contributed by atoms with E-state index in [1.54, 1.807) is 24.3 Å². The van der Waals surface area contributed by atoms with Gasteiger partial charge in [-0.3, -0.25) is 14.6 Å². The Balaban J connectivity index is 2.43. The van der Waals surface area contributed by atoms with Crippen molar-refractivity contribution in [3.63, 3.8) is 0 Å². The number of nitrogens with one attached hydrogen (secondary N) is 1. The highest BCUT2D eigenvalue weighted by Crippen LogP contribution is 2.18. The van der Waals surface area contributed by atoms with E-state index in [0.29, 0.717) is 24.7 Å². The minimum atomic E-state index is -0.587. The lowest BCUT2D eigenvalue weighted by atomic mass is 10.1. The van der Waals surface area contributed by atoms with E-state index >= 15 is 0 Å². The summed E-state index contributed by atoms with van der Waals surface area (Å²) in [5, 5.41) is 2.66. The van der Waals surface area contributed by atoms with Gasteiger partial charge in [0, 0.05) is 31.1 Å². The molecule has 138 valence electrons. The number of hydrogen-bond acceptors (Lipinski definition) is 7. The fourth-order valence-corrected chi connectivity index (χ4v) is 2.53. The second-order valence-corrected chi connectivity index (χ2v) is 5.74. The predicted octanol–water partition coefficient (Wildman–Crippen LogP) is 0.203. The number of aromatic nitrogens is 1. The number of rotatable bonds is 7. The molecule has 0 unspecified atom stereocenters. The Kier molecular flexibility index (Phi) is 6.18. The van der Waals surface area contributed by atoms with E-state index in [2.05, 4.69) is 27.0 Å². The van der Waals surface area contributed by atoms with Crippen molar-refractivity contribution in [2.75, 3.05) is 26.8 Å². The summed E-state index contributed by atoms with van der Waals surface area (Å²) >= 11 is 0. The molecule has 9 heteroatoms. The maximum Gasteiger partial charge on any atom is 0.267 e. The lowest BCUT2D eigenvalue weighted by molar-refractivity contribution is -0.122. The number of methoxy groups -OCH3 is 1. The van der Waals surface area contributed by atoms with E-state index < -0.39 is 5.91 Å². The van der Waals surface area contributed by atoms with Gasteiger partial charge in [-0.25, -0.2) is 9.98 Å². The Labute approximate surface area is 151 Å². The van der Waals surface area contributed by atoms with Gasteiger partial charge in [0.1, 0.15) is 5.69 Å². The molecular weight excluding hydrogens is 336 g/mol. The molecule has 2 amide bonds. The molecule has 0 aliphatic carbocycles. The zero-order chi connectivity index (χ0) is 19.3. The van der Waals surface area contributed by atoms with E-state index in [-0.39, 0.29) is 24.0 Å². The molecule has 0 saturated carbocycles. The molecule has 0 saturated heterocycles. The highest BCUT2D eigenvalue weighted by Gasteiger charge is 2.24. The summed E-state index contributed by atoms with van der Waals surface area (Å²) in [7, 11) is 1.59. The topological polar surface area (TPSA) is 122 Å². The van der Waals surface area contributed by atoms with Crippen LogP contribution in [0, 0.1) is 6.92 Å². The van der Waals surface area contributed by atoms with Crippen LogP contribution in [0.25, 0.3) is 0 Å². The largest absolute Gasteiger partial charge is 0.383 e. The molecule has 9 nitrogen and oxygen atoms in total. The molecule has 1 aromatic heterocycles. The Morgan fingerprint density at radius 2 is 2.27 bits per heavy atom. The quantitative estimate of drug-likeness (QED) is 0.674. The highest BCUT2D eigenvalue weighted by atomic mass is 16.5. The second-order valence-electron chi connectivity index (χ2n) is 5.74. The van der Waals surface area contributed by atoms with Crippen LogP contribution in [0.1, 0.15) is 28.5 Å². The van der Waals surface area contributed by atoms with Crippen LogP contribution in [-0.2, 0) is 9.53 Å². The van der Waals surface area contributed by atoms with Crippen molar-refractivity contribution in [2.24, 2.45) is 15.7 Å². The second kappa shape index (κ2) is 8.34. The Bertz CT molecular complexity index is 800. The molecule has 0 atom stereocenters. The van der Waals surface area contributed by atoms with Crippen molar-refractivity contribution in [1.82, 2.24) is 15.2 Å². The summed E-state index contributed by atoms with van der Waals surface area (Å²) in [6.07, 6.45) is 1.55. The lowest BCUT2D eigenvalue weighted by Crippen LogP contribution is -2.44. The van der Waals surface area contributed by atoms with Crippen LogP contribution in [-0.4, -0.2) is 60.9 Å². The van der Waals surface area contributed by atoms with E-state index in [0.717, 1.165) is 11.1 Å². The van der Waals surface area contributed by atoms with Gasteiger partial charge in [-0.2, -0.15) is 0 Å². The van der Waals surface area contributed by atoms with Crippen molar-refractivity contribution in [3.05, 3.63) is 40.7 Å². The summed E-state index contributed by atoms with van der Waals surface area (Å²) < 4.78 is 5.10. The molecule has 2 rings (SSSR count). The zero-order valence-electron chi connectivity index (χ0n) is 15.1. The zero-order valence-corrected chi connectivity index (χ0v) is 15.1. The van der Waals surface area contributed by atoms with Gasteiger partial charge in [-0.15, -0.1) is 0 Å². The summed E-state index contributed by atoms with van der Waals surface area (Å²) in [4.78, 5) is 37.4. The van der Waals surface area contributed by atoms with Crippen molar-refractivity contribution < 1.29 is 14.3 Å². The van der Waals surface area contributed by atoms with Gasteiger partial charge in [0.25, 0.3) is 5.91 Å². The van der Waals surface area contributed by atoms with Crippen LogP contribution in [0.5, 0.6) is 0 Å². The number of aryl methyl sites for hydroxylation is 1. The molecule has 0 radical (unpaired) electrons. The minimum Gasteiger partial charge on any atom is -0.383 e. The maximum atomic E-state index is 11.8. The number of nitrogens with two attached hydrogens (primary N) is 1. The predicted molar refractivity (Wildman–Crippen MR) is 97.9 cm³/mol. The molecule has 0 aromatic carbocycles. The molecule has 0 spiro atoms. The molecule has 3 N–H and O–H groups in total. The van der Waals surface area contributed by atoms with Crippen LogP contribution in [0.2, 0.25) is 0 Å². The number of primary amides is 1. The maximum absolute atomic E-state index is 11.8. The van der Waals surface area contributed by atoms with Crippen molar-refractivity contribution in [2.45, 2.75) is 13.8 Å². The van der Waals surface area contributed by atoms with E-state index in [1.807, 2.05) is 13.8 Å². The average Bonchev–Trinajstić information content (AvgIpc) is 2.60. The van der Waals surface area contributed by atoms with Crippen LogP contribution < -0.4 is 11.1 Å². The third kappa shape index (κ3) is 4.31. The van der Waals surface area contributed by atoms with Crippen LogP contribution >= 0.6 is 0 Å². The molecular formula is C17H22N6O3. The number of nitrogens with zero attached hydrogens (tertiary/aromatic N) is 4. The SMILES string of the molecule is C=NC1=C(/N=C(\C)c2cnc(C(N)=O)cc2C)N(CCOC)CC(=O)N1. The van der Waals surface area contributed by atoms with Gasteiger partial charge in [-0.1, -0.05) is 0 Å². The third-order valence-electron chi connectivity index (χ3n) is 3.85. The molecule has 1 aliphatic heterocycles. The minimum absolute atomic E-state index is 0.145. The fraction of sp³-hybridized carbons (Fsp3) is 0.353. The van der Waals surface area contributed by atoms with Crippen molar-refractivity contribution >= 4 is 24.2 Å². The summed E-state index contributed by atoms with van der Waals surface area (Å²) in [5.41, 5.74) is 7.67. The third-order valence-corrected chi connectivity index (χ3v) is 3.85. The van der Waals surface area contributed by atoms with Gasteiger partial charge < -0.3 is 20.7 Å². The smallest absolute Gasteiger partial charge is 0.267 e. The standard InChI is InChI=1S/C17H22N6O3/c1-10-7-13(15(18)25)20-8-12(10)11(2)21-17-16(19-3)22-14(24)9-23(17)5-6-26-4/h7-8H,3,5-6,9H2,1-2,4H3,(H2,18,25)(H,22,24)/b21-11+. The Hall–Kier alpha value is -3.07. The molecule has 0 bridgehead atoms. The number of ether oxygens (including phenoxy) is 1. The fourth-order valence-electron chi connectivity index (χ4n) is 2.53. The normalized spacial score (nSPS) is 15.1. The van der Waals surface area contributed by atoms with Gasteiger partial charge in [0.2, 0.25) is 5.91 Å². The van der Waals surface area contributed by atoms with Gasteiger partial charge in [0.15, 0.2) is 11.6 Å². The Morgan fingerprint density at radius 1 is 1.54 bits per heavy atom. The molecule has 26 heavy (non-hydrogen) atoms. The van der Waals surface area contributed by atoms with E-state index in [9.17, 15) is 9.59 Å². The number of carbonyl (C=O) groups is 2. The first-order valence-electron chi connectivity index (χ1n) is 7.94. The molecule has 2 heterocycles. The number of hydrogen-bond donors (Lipinski definition) is 2.